The molecule has 1 unspecified atom stereocenters. The van der Waals surface area contributed by atoms with E-state index in [9.17, 15) is 5.11 Å². The Morgan fingerprint density at radius 3 is 3.06 bits per heavy atom. The molecule has 0 spiro atoms. The van der Waals surface area contributed by atoms with Crippen LogP contribution in [0.2, 0.25) is 5.02 Å². The number of benzene rings is 1. The van der Waals surface area contributed by atoms with Crippen LogP contribution in [0.4, 0.5) is 5.69 Å². The van der Waals surface area contributed by atoms with Crippen molar-refractivity contribution in [3.63, 3.8) is 0 Å². The highest BCUT2D eigenvalue weighted by atomic mass is 35.5. The Bertz CT molecular complexity index is 386. The van der Waals surface area contributed by atoms with Crippen molar-refractivity contribution in [2.24, 2.45) is 0 Å². The highest BCUT2D eigenvalue weighted by molar-refractivity contribution is 8.00. The number of aliphatic hydroxyl groups excluding tert-OH is 1. The number of hydrogen-bond donors (Lipinski definition) is 1. The number of halogens is 1. The zero-order valence-electron chi connectivity index (χ0n) is 10.0. The SMILES string of the molecule is CCC1CN(c2cccc(Cl)c2CO)CCS1. The van der Waals surface area contributed by atoms with Crippen LogP contribution in [0.1, 0.15) is 18.9 Å². The van der Waals surface area contributed by atoms with Crippen molar-refractivity contribution < 1.29 is 5.11 Å². The first-order valence-electron chi connectivity index (χ1n) is 6.01. The van der Waals surface area contributed by atoms with E-state index in [1.165, 1.54) is 6.42 Å². The molecule has 1 fully saturated rings. The molecule has 1 heterocycles. The molecule has 0 bridgehead atoms. The Kier molecular flexibility index (Phi) is 4.60. The van der Waals surface area contributed by atoms with E-state index in [4.69, 9.17) is 11.6 Å². The molecule has 1 aromatic carbocycles. The molecular weight excluding hydrogens is 254 g/mol. The summed E-state index contributed by atoms with van der Waals surface area (Å²) in [5.41, 5.74) is 1.95. The molecule has 1 aliphatic rings. The van der Waals surface area contributed by atoms with Gasteiger partial charge in [-0.3, -0.25) is 0 Å². The third-order valence-corrected chi connectivity index (χ3v) is 4.91. The van der Waals surface area contributed by atoms with Crippen LogP contribution >= 0.6 is 23.4 Å². The maximum absolute atomic E-state index is 9.44. The third-order valence-electron chi connectivity index (χ3n) is 3.19. The van der Waals surface area contributed by atoms with E-state index in [1.807, 2.05) is 23.9 Å². The lowest BCUT2D eigenvalue weighted by molar-refractivity contribution is 0.282. The molecule has 94 valence electrons. The maximum Gasteiger partial charge on any atom is 0.0716 e. The highest BCUT2D eigenvalue weighted by Crippen LogP contribution is 2.31. The molecule has 2 nitrogen and oxygen atoms in total. The van der Waals surface area contributed by atoms with Gasteiger partial charge in [0, 0.05) is 40.4 Å². The van der Waals surface area contributed by atoms with Crippen molar-refractivity contribution in [1.82, 2.24) is 0 Å². The van der Waals surface area contributed by atoms with Crippen molar-refractivity contribution in [2.75, 3.05) is 23.7 Å². The van der Waals surface area contributed by atoms with Crippen LogP contribution in [0.15, 0.2) is 18.2 Å². The van der Waals surface area contributed by atoms with E-state index >= 15 is 0 Å². The zero-order valence-corrected chi connectivity index (χ0v) is 11.6. The molecule has 0 amide bonds. The van der Waals surface area contributed by atoms with E-state index in [-0.39, 0.29) is 6.61 Å². The van der Waals surface area contributed by atoms with Gasteiger partial charge >= 0.3 is 0 Å². The Balaban J connectivity index is 2.24. The maximum atomic E-state index is 9.44. The first-order chi connectivity index (χ1) is 8.26. The van der Waals surface area contributed by atoms with E-state index in [2.05, 4.69) is 17.9 Å². The van der Waals surface area contributed by atoms with Crippen LogP contribution in [0.3, 0.4) is 0 Å². The molecule has 17 heavy (non-hydrogen) atoms. The van der Waals surface area contributed by atoms with Gasteiger partial charge in [0.25, 0.3) is 0 Å². The number of anilines is 1. The highest BCUT2D eigenvalue weighted by Gasteiger charge is 2.21. The minimum Gasteiger partial charge on any atom is -0.392 e. The van der Waals surface area contributed by atoms with Gasteiger partial charge in [-0.25, -0.2) is 0 Å². The van der Waals surface area contributed by atoms with E-state index < -0.39 is 0 Å². The topological polar surface area (TPSA) is 23.5 Å². The summed E-state index contributed by atoms with van der Waals surface area (Å²) in [5.74, 6) is 1.15. The predicted octanol–water partition coefficient (Wildman–Crippen LogP) is 3.16. The second-order valence-corrected chi connectivity index (χ2v) is 6.06. The molecule has 0 aliphatic carbocycles. The molecule has 1 saturated heterocycles. The van der Waals surface area contributed by atoms with Gasteiger partial charge in [-0.05, 0) is 18.6 Å². The summed E-state index contributed by atoms with van der Waals surface area (Å²) in [6, 6.07) is 5.85. The molecule has 0 saturated carbocycles. The molecular formula is C13H18ClNOS. The summed E-state index contributed by atoms with van der Waals surface area (Å²) < 4.78 is 0. The molecule has 0 radical (unpaired) electrons. The second-order valence-electron chi connectivity index (χ2n) is 4.24. The largest absolute Gasteiger partial charge is 0.392 e. The van der Waals surface area contributed by atoms with Crippen LogP contribution in [0, 0.1) is 0 Å². The first-order valence-corrected chi connectivity index (χ1v) is 7.43. The lowest BCUT2D eigenvalue weighted by atomic mass is 10.1. The van der Waals surface area contributed by atoms with Gasteiger partial charge in [-0.1, -0.05) is 24.6 Å². The fourth-order valence-electron chi connectivity index (χ4n) is 2.19. The standard InChI is InChI=1S/C13H18ClNOS/c1-2-10-8-15(6-7-17-10)13-5-3-4-12(14)11(13)9-16/h3-5,10,16H,2,6-9H2,1H3. The van der Waals surface area contributed by atoms with Crippen LogP contribution in [-0.2, 0) is 6.61 Å². The predicted molar refractivity (Wildman–Crippen MR) is 76.1 cm³/mol. The summed E-state index contributed by atoms with van der Waals surface area (Å²) in [4.78, 5) is 2.35. The number of nitrogens with zero attached hydrogens (tertiary/aromatic N) is 1. The molecule has 1 aliphatic heterocycles. The van der Waals surface area contributed by atoms with Crippen molar-refractivity contribution in [3.05, 3.63) is 28.8 Å². The molecule has 1 N–H and O–H groups in total. The Morgan fingerprint density at radius 1 is 1.53 bits per heavy atom. The summed E-state index contributed by atoms with van der Waals surface area (Å²) in [5, 5.41) is 10.8. The fourth-order valence-corrected chi connectivity index (χ4v) is 3.59. The van der Waals surface area contributed by atoms with Gasteiger partial charge in [0.05, 0.1) is 6.61 Å². The summed E-state index contributed by atoms with van der Waals surface area (Å²) in [7, 11) is 0. The van der Waals surface area contributed by atoms with E-state index in [1.54, 1.807) is 0 Å². The Morgan fingerprint density at radius 2 is 2.35 bits per heavy atom. The molecule has 4 heteroatoms. The van der Waals surface area contributed by atoms with E-state index in [0.717, 1.165) is 30.1 Å². The van der Waals surface area contributed by atoms with Crippen molar-refractivity contribution in [3.8, 4) is 0 Å². The average Bonchev–Trinajstić information content (AvgIpc) is 2.38. The lowest BCUT2D eigenvalue weighted by Gasteiger charge is -2.35. The van der Waals surface area contributed by atoms with Crippen molar-refractivity contribution in [2.45, 2.75) is 25.2 Å². The van der Waals surface area contributed by atoms with Gasteiger partial charge in [0.15, 0.2) is 0 Å². The molecule has 1 aromatic rings. The average molecular weight is 272 g/mol. The summed E-state index contributed by atoms with van der Waals surface area (Å²) in [6.07, 6.45) is 1.19. The smallest absolute Gasteiger partial charge is 0.0716 e. The molecule has 2 rings (SSSR count). The number of rotatable bonds is 3. The third kappa shape index (κ3) is 2.90. The van der Waals surface area contributed by atoms with Crippen LogP contribution in [-0.4, -0.2) is 29.2 Å². The normalized spacial score (nSPS) is 20.6. The lowest BCUT2D eigenvalue weighted by Crippen LogP contribution is -2.38. The monoisotopic (exact) mass is 271 g/mol. The Labute approximate surface area is 112 Å². The number of thioether (sulfide) groups is 1. The van der Waals surface area contributed by atoms with Crippen LogP contribution < -0.4 is 4.90 Å². The second kappa shape index (κ2) is 5.98. The summed E-state index contributed by atoms with van der Waals surface area (Å²) >= 11 is 8.17. The quantitative estimate of drug-likeness (QED) is 0.914. The van der Waals surface area contributed by atoms with Gasteiger partial charge in [-0.2, -0.15) is 11.8 Å². The minimum absolute atomic E-state index is 0.00937. The van der Waals surface area contributed by atoms with Crippen LogP contribution in [0.25, 0.3) is 0 Å². The number of hydrogen-bond acceptors (Lipinski definition) is 3. The van der Waals surface area contributed by atoms with Crippen molar-refractivity contribution >= 4 is 29.1 Å². The van der Waals surface area contributed by atoms with Gasteiger partial charge in [-0.15, -0.1) is 0 Å². The zero-order chi connectivity index (χ0) is 12.3. The van der Waals surface area contributed by atoms with Gasteiger partial charge in [0.2, 0.25) is 0 Å². The summed E-state index contributed by atoms with van der Waals surface area (Å²) in [6.45, 7) is 4.32. The van der Waals surface area contributed by atoms with Gasteiger partial charge in [0.1, 0.15) is 0 Å². The molecule has 0 aromatic heterocycles. The van der Waals surface area contributed by atoms with Crippen LogP contribution in [0.5, 0.6) is 0 Å². The fraction of sp³-hybridized carbons (Fsp3) is 0.538. The van der Waals surface area contributed by atoms with Gasteiger partial charge < -0.3 is 10.0 Å². The minimum atomic E-state index is 0.00937. The first kappa shape index (κ1) is 13.1. The Hall–Kier alpha value is -0.380. The van der Waals surface area contributed by atoms with E-state index in [0.29, 0.717) is 10.3 Å². The van der Waals surface area contributed by atoms with Crippen molar-refractivity contribution in [1.29, 1.82) is 0 Å². The number of aliphatic hydroxyl groups is 1. The molecule has 1 atom stereocenters.